The average Bonchev–Trinajstić information content (AvgIpc) is 2.34. The van der Waals surface area contributed by atoms with Gasteiger partial charge in [0.25, 0.3) is 0 Å². The summed E-state index contributed by atoms with van der Waals surface area (Å²) in [5, 5.41) is 0. The Hall–Kier alpha value is -1.35. The van der Waals surface area contributed by atoms with E-state index in [1.165, 1.54) is 0 Å². The van der Waals surface area contributed by atoms with Crippen LogP contribution in [-0.2, 0) is 11.3 Å². The quantitative estimate of drug-likeness (QED) is 0.572. The number of ether oxygens (including phenoxy) is 1. The van der Waals surface area contributed by atoms with Crippen molar-refractivity contribution < 1.29 is 9.53 Å². The molecule has 0 amide bonds. The van der Waals surface area contributed by atoms with Gasteiger partial charge in [0.15, 0.2) is 0 Å². The van der Waals surface area contributed by atoms with E-state index in [4.69, 9.17) is 4.74 Å². The molecule has 0 saturated carbocycles. The van der Waals surface area contributed by atoms with E-state index in [9.17, 15) is 4.79 Å². The maximum atomic E-state index is 10.8. The molecule has 0 bridgehead atoms. The van der Waals surface area contributed by atoms with Crippen molar-refractivity contribution in [3.63, 3.8) is 0 Å². The fraction of sp³-hybridized carbons (Fsp3) is 0.125. The minimum absolute atomic E-state index is 0. The second-order valence-corrected chi connectivity index (χ2v) is 2.23. The zero-order valence-electron chi connectivity index (χ0n) is 6.04. The maximum absolute atomic E-state index is 10.8. The number of hydrogen-bond donors (Lipinski definition) is 1. The predicted molar refractivity (Wildman–Crippen MR) is 40.6 cm³/mol. The van der Waals surface area contributed by atoms with Gasteiger partial charge in [0, 0.05) is 5.56 Å². The van der Waals surface area contributed by atoms with Gasteiger partial charge in [0.2, 0.25) is 0 Å². The molecule has 0 aliphatic carbocycles. The lowest BCUT2D eigenvalue weighted by Gasteiger charge is -1.87. The molecule has 3 nitrogen and oxygen atoms in total. The van der Waals surface area contributed by atoms with Gasteiger partial charge in [-0.2, -0.15) is 0 Å². The number of cyclic esters (lactones) is 1. The standard InChI is InChI=1S/C8H6O2.H3N/c9-8-7-4-2-1-3-6(7)5-10-8;/h1-4H,5H2;1H3. The number of carbonyl (C=O) groups is 1. The Bertz CT molecular complexity index is 283. The van der Waals surface area contributed by atoms with E-state index in [2.05, 4.69) is 0 Å². The average molecular weight is 151 g/mol. The number of rotatable bonds is 0. The van der Waals surface area contributed by atoms with E-state index in [0.717, 1.165) is 5.56 Å². The summed E-state index contributed by atoms with van der Waals surface area (Å²) in [6, 6.07) is 7.43. The van der Waals surface area contributed by atoms with Crippen LogP contribution in [0.4, 0.5) is 0 Å². The van der Waals surface area contributed by atoms with Crippen LogP contribution >= 0.6 is 0 Å². The van der Waals surface area contributed by atoms with Gasteiger partial charge in [-0.1, -0.05) is 18.2 Å². The Morgan fingerprint density at radius 3 is 2.73 bits per heavy atom. The Morgan fingerprint density at radius 1 is 1.27 bits per heavy atom. The summed E-state index contributed by atoms with van der Waals surface area (Å²) in [6.07, 6.45) is 0. The number of fused-ring (bicyclic) bond motifs is 1. The zero-order valence-corrected chi connectivity index (χ0v) is 6.04. The number of benzene rings is 1. The van der Waals surface area contributed by atoms with Gasteiger partial charge in [-0.15, -0.1) is 0 Å². The van der Waals surface area contributed by atoms with E-state index >= 15 is 0 Å². The minimum Gasteiger partial charge on any atom is -0.457 e. The Balaban J connectivity index is 0.000000605. The van der Waals surface area contributed by atoms with Crippen LogP contribution in [0.5, 0.6) is 0 Å². The first-order chi connectivity index (χ1) is 4.88. The Labute approximate surface area is 64.6 Å². The summed E-state index contributed by atoms with van der Waals surface area (Å²) in [5.74, 6) is -0.199. The van der Waals surface area contributed by atoms with Crippen LogP contribution in [0.1, 0.15) is 15.9 Å². The Kier molecular flexibility index (Phi) is 1.92. The predicted octanol–water partition coefficient (Wildman–Crippen LogP) is 1.52. The van der Waals surface area contributed by atoms with Crippen molar-refractivity contribution in [2.24, 2.45) is 0 Å². The van der Waals surface area contributed by atoms with Crippen LogP contribution in [0.2, 0.25) is 0 Å². The zero-order chi connectivity index (χ0) is 6.97. The van der Waals surface area contributed by atoms with Crippen molar-refractivity contribution in [3.8, 4) is 0 Å². The summed E-state index contributed by atoms with van der Waals surface area (Å²) in [7, 11) is 0. The molecule has 3 heteroatoms. The van der Waals surface area contributed by atoms with Crippen LogP contribution in [0.15, 0.2) is 24.3 Å². The maximum Gasteiger partial charge on any atom is 0.338 e. The molecule has 1 heterocycles. The highest BCUT2D eigenvalue weighted by Gasteiger charge is 2.18. The van der Waals surface area contributed by atoms with E-state index in [1.54, 1.807) is 6.07 Å². The molecule has 0 atom stereocenters. The normalized spacial score (nSPS) is 13.3. The van der Waals surface area contributed by atoms with Gasteiger partial charge in [-0.3, -0.25) is 0 Å². The van der Waals surface area contributed by atoms with Gasteiger partial charge in [-0.25, -0.2) is 4.79 Å². The highest BCUT2D eigenvalue weighted by atomic mass is 16.5. The van der Waals surface area contributed by atoms with E-state index in [0.29, 0.717) is 12.2 Å². The third-order valence-electron chi connectivity index (χ3n) is 1.60. The van der Waals surface area contributed by atoms with Crippen LogP contribution in [0, 0.1) is 0 Å². The molecular weight excluding hydrogens is 142 g/mol. The van der Waals surface area contributed by atoms with Crippen molar-refractivity contribution in [1.29, 1.82) is 0 Å². The number of esters is 1. The summed E-state index contributed by atoms with van der Waals surface area (Å²) >= 11 is 0. The number of hydrogen-bond acceptors (Lipinski definition) is 3. The topological polar surface area (TPSA) is 61.3 Å². The third-order valence-corrected chi connectivity index (χ3v) is 1.60. The Morgan fingerprint density at radius 2 is 2.00 bits per heavy atom. The first-order valence-corrected chi connectivity index (χ1v) is 3.13. The molecule has 0 fully saturated rings. The van der Waals surface area contributed by atoms with Crippen molar-refractivity contribution in [1.82, 2.24) is 6.15 Å². The molecular formula is C8H9NO2. The summed E-state index contributed by atoms with van der Waals surface area (Å²) < 4.78 is 4.78. The molecule has 58 valence electrons. The first-order valence-electron chi connectivity index (χ1n) is 3.13. The van der Waals surface area contributed by atoms with Gasteiger partial charge in [0.05, 0.1) is 5.56 Å². The smallest absolute Gasteiger partial charge is 0.338 e. The second kappa shape index (κ2) is 2.72. The fourth-order valence-corrected chi connectivity index (χ4v) is 1.07. The lowest BCUT2D eigenvalue weighted by atomic mass is 10.1. The summed E-state index contributed by atoms with van der Waals surface area (Å²) in [5.41, 5.74) is 1.70. The van der Waals surface area contributed by atoms with Crippen molar-refractivity contribution in [2.45, 2.75) is 6.61 Å². The second-order valence-electron chi connectivity index (χ2n) is 2.23. The number of carbonyl (C=O) groups excluding carboxylic acids is 1. The lowest BCUT2D eigenvalue weighted by molar-refractivity contribution is 0.0535. The van der Waals surface area contributed by atoms with E-state index in [-0.39, 0.29) is 12.1 Å². The molecule has 1 aliphatic heterocycles. The van der Waals surface area contributed by atoms with E-state index < -0.39 is 0 Å². The molecule has 2 rings (SSSR count). The molecule has 0 saturated heterocycles. The SMILES string of the molecule is N.O=C1OCc2ccccc21. The van der Waals surface area contributed by atoms with Crippen molar-refractivity contribution in [3.05, 3.63) is 35.4 Å². The van der Waals surface area contributed by atoms with Gasteiger partial charge >= 0.3 is 5.97 Å². The molecule has 0 unspecified atom stereocenters. The molecule has 1 aromatic rings. The van der Waals surface area contributed by atoms with Crippen LogP contribution in [-0.4, -0.2) is 5.97 Å². The first kappa shape index (κ1) is 7.75. The molecule has 11 heavy (non-hydrogen) atoms. The summed E-state index contributed by atoms with van der Waals surface area (Å²) in [4.78, 5) is 10.8. The highest BCUT2D eigenvalue weighted by molar-refractivity contribution is 5.93. The van der Waals surface area contributed by atoms with Gasteiger partial charge in [0.1, 0.15) is 6.61 Å². The monoisotopic (exact) mass is 151 g/mol. The molecule has 0 radical (unpaired) electrons. The third kappa shape index (κ3) is 1.10. The highest BCUT2D eigenvalue weighted by Crippen LogP contribution is 2.17. The summed E-state index contributed by atoms with van der Waals surface area (Å²) in [6.45, 7) is 0.439. The van der Waals surface area contributed by atoms with Crippen molar-refractivity contribution >= 4 is 5.97 Å². The minimum atomic E-state index is -0.199. The lowest BCUT2D eigenvalue weighted by Crippen LogP contribution is -1.91. The molecule has 0 aromatic heterocycles. The molecule has 1 aliphatic rings. The largest absolute Gasteiger partial charge is 0.457 e. The molecule has 3 N–H and O–H groups in total. The van der Waals surface area contributed by atoms with E-state index in [1.807, 2.05) is 18.2 Å². The van der Waals surface area contributed by atoms with Crippen LogP contribution in [0.25, 0.3) is 0 Å². The van der Waals surface area contributed by atoms with Crippen LogP contribution < -0.4 is 6.15 Å². The van der Waals surface area contributed by atoms with Crippen LogP contribution in [0.3, 0.4) is 0 Å². The van der Waals surface area contributed by atoms with Gasteiger partial charge < -0.3 is 10.9 Å². The van der Waals surface area contributed by atoms with Gasteiger partial charge in [-0.05, 0) is 6.07 Å². The van der Waals surface area contributed by atoms with Crippen molar-refractivity contribution in [2.75, 3.05) is 0 Å². The fourth-order valence-electron chi connectivity index (χ4n) is 1.07. The molecule has 1 aromatic carbocycles. The molecule has 0 spiro atoms.